The van der Waals surface area contributed by atoms with Gasteiger partial charge < -0.3 is 0 Å². The number of pyridine rings is 1. The lowest BCUT2D eigenvalue weighted by Crippen LogP contribution is -1.89. The Bertz CT molecular complexity index is 582. The highest BCUT2D eigenvalue weighted by atomic mass is 14.6. The minimum Gasteiger partial charge on any atom is -0.264 e. The van der Waals surface area contributed by atoms with Crippen molar-refractivity contribution in [2.75, 3.05) is 0 Å². The lowest BCUT2D eigenvalue weighted by molar-refractivity contribution is 1.10. The predicted molar refractivity (Wildman–Crippen MR) is 78.5 cm³/mol. The van der Waals surface area contributed by atoms with Gasteiger partial charge in [0.25, 0.3) is 0 Å². The second kappa shape index (κ2) is 5.18. The molecule has 0 saturated carbocycles. The number of nitrogens with zero attached hydrogens (tertiary/aromatic N) is 1. The van der Waals surface area contributed by atoms with Crippen molar-refractivity contribution in [2.24, 2.45) is 0 Å². The number of aryl methyl sites for hydroxylation is 2. The van der Waals surface area contributed by atoms with Crippen LogP contribution in [-0.2, 0) is 6.42 Å². The Kier molecular flexibility index (Phi) is 3.61. The summed E-state index contributed by atoms with van der Waals surface area (Å²) in [6, 6.07) is 8.71. The van der Waals surface area contributed by atoms with Gasteiger partial charge in [0.05, 0.1) is 0 Å². The molecule has 1 nitrogen and oxygen atoms in total. The Morgan fingerprint density at radius 3 is 2.56 bits per heavy atom. The Balaban J connectivity index is 2.45. The molecule has 0 unspecified atom stereocenters. The molecule has 0 N–H and O–H groups in total. The summed E-state index contributed by atoms with van der Waals surface area (Å²) in [7, 11) is 0. The summed E-state index contributed by atoms with van der Waals surface area (Å²) in [6.07, 6.45) is 4.87. The van der Waals surface area contributed by atoms with Crippen molar-refractivity contribution < 1.29 is 0 Å². The molecule has 0 radical (unpaired) electrons. The number of rotatable bonds is 3. The van der Waals surface area contributed by atoms with Gasteiger partial charge in [0.2, 0.25) is 0 Å². The first kappa shape index (κ1) is 12.6. The minimum absolute atomic E-state index is 1.02. The van der Waals surface area contributed by atoms with Gasteiger partial charge in [-0.3, -0.25) is 4.98 Å². The fourth-order valence-corrected chi connectivity index (χ4v) is 2.16. The second-order valence-corrected chi connectivity index (χ2v) is 4.75. The van der Waals surface area contributed by atoms with E-state index in [1.807, 2.05) is 19.3 Å². The van der Waals surface area contributed by atoms with Gasteiger partial charge in [-0.2, -0.15) is 0 Å². The van der Waals surface area contributed by atoms with Gasteiger partial charge in [0.1, 0.15) is 0 Å². The third-order valence-corrected chi connectivity index (χ3v) is 3.22. The monoisotopic (exact) mass is 237 g/mol. The standard InChI is InChI=1S/C17H19N/c1-5-14-9-16(11-18-10-14)15-6-7-17(12(2)3)13(4)8-15/h6-11H,2,5H2,1,3-4H3. The first-order valence-electron chi connectivity index (χ1n) is 6.32. The molecule has 0 saturated heterocycles. The molecule has 2 rings (SSSR count). The van der Waals surface area contributed by atoms with Gasteiger partial charge in [-0.15, -0.1) is 0 Å². The molecule has 0 spiro atoms. The number of allylic oxidation sites excluding steroid dienone is 1. The fraction of sp³-hybridized carbons (Fsp3) is 0.235. The average molecular weight is 237 g/mol. The molecule has 1 heterocycles. The lowest BCUT2D eigenvalue weighted by Gasteiger charge is -2.09. The highest BCUT2D eigenvalue weighted by Gasteiger charge is 2.03. The van der Waals surface area contributed by atoms with Crippen molar-refractivity contribution in [2.45, 2.75) is 27.2 Å². The van der Waals surface area contributed by atoms with Crippen LogP contribution < -0.4 is 0 Å². The first-order valence-corrected chi connectivity index (χ1v) is 6.32. The molecule has 0 fully saturated rings. The van der Waals surface area contributed by atoms with Gasteiger partial charge in [0, 0.05) is 18.0 Å². The summed E-state index contributed by atoms with van der Waals surface area (Å²) in [5, 5.41) is 0. The molecule has 0 aliphatic carbocycles. The number of benzene rings is 1. The van der Waals surface area contributed by atoms with Crippen LogP contribution in [0.1, 0.15) is 30.5 Å². The summed E-state index contributed by atoms with van der Waals surface area (Å²) in [5.41, 5.74) is 7.29. The molecule has 1 aromatic heterocycles. The summed E-state index contributed by atoms with van der Waals surface area (Å²) in [5.74, 6) is 0. The Morgan fingerprint density at radius 1 is 1.17 bits per heavy atom. The quantitative estimate of drug-likeness (QED) is 0.757. The average Bonchev–Trinajstić information content (AvgIpc) is 2.38. The number of hydrogen-bond donors (Lipinski definition) is 0. The molecular formula is C17H19N. The molecule has 0 aliphatic rings. The van der Waals surface area contributed by atoms with Gasteiger partial charge in [-0.1, -0.05) is 37.3 Å². The summed E-state index contributed by atoms with van der Waals surface area (Å²) >= 11 is 0. The maximum absolute atomic E-state index is 4.30. The Morgan fingerprint density at radius 2 is 1.94 bits per heavy atom. The SMILES string of the molecule is C=C(C)c1ccc(-c2cncc(CC)c2)cc1C. The van der Waals surface area contributed by atoms with Gasteiger partial charge in [-0.25, -0.2) is 0 Å². The third-order valence-electron chi connectivity index (χ3n) is 3.22. The largest absolute Gasteiger partial charge is 0.264 e. The van der Waals surface area contributed by atoms with E-state index in [4.69, 9.17) is 0 Å². The molecule has 92 valence electrons. The van der Waals surface area contributed by atoms with Crippen LogP contribution in [0.4, 0.5) is 0 Å². The van der Waals surface area contributed by atoms with Crippen LogP contribution in [0.3, 0.4) is 0 Å². The normalized spacial score (nSPS) is 10.4. The van der Waals surface area contributed by atoms with E-state index in [0.717, 1.165) is 12.0 Å². The van der Waals surface area contributed by atoms with Crippen LogP contribution in [0.15, 0.2) is 43.2 Å². The van der Waals surface area contributed by atoms with E-state index in [1.54, 1.807) is 0 Å². The second-order valence-electron chi connectivity index (χ2n) is 4.75. The van der Waals surface area contributed by atoms with Crippen LogP contribution in [0, 0.1) is 6.92 Å². The summed E-state index contributed by atoms with van der Waals surface area (Å²) in [6.45, 7) is 10.3. The highest BCUT2D eigenvalue weighted by molar-refractivity contribution is 5.71. The molecule has 0 atom stereocenters. The molecule has 1 heteroatoms. The van der Waals surface area contributed by atoms with Crippen LogP contribution in [0.2, 0.25) is 0 Å². The van der Waals surface area contributed by atoms with E-state index in [2.05, 4.69) is 49.7 Å². The predicted octanol–water partition coefficient (Wildman–Crippen LogP) is 4.65. The third kappa shape index (κ3) is 2.51. The Hall–Kier alpha value is -1.89. The van der Waals surface area contributed by atoms with Crippen molar-refractivity contribution in [3.05, 3.63) is 59.9 Å². The molecular weight excluding hydrogens is 218 g/mol. The number of hydrogen-bond acceptors (Lipinski definition) is 1. The van der Waals surface area contributed by atoms with Crippen molar-refractivity contribution in [1.82, 2.24) is 4.98 Å². The zero-order valence-electron chi connectivity index (χ0n) is 11.3. The maximum atomic E-state index is 4.30. The molecule has 1 aromatic carbocycles. The zero-order chi connectivity index (χ0) is 13.1. The van der Waals surface area contributed by atoms with Crippen molar-refractivity contribution in [3.8, 4) is 11.1 Å². The van der Waals surface area contributed by atoms with E-state index in [1.165, 1.54) is 27.8 Å². The molecule has 2 aromatic rings. The van der Waals surface area contributed by atoms with E-state index in [-0.39, 0.29) is 0 Å². The van der Waals surface area contributed by atoms with Crippen molar-refractivity contribution in [3.63, 3.8) is 0 Å². The number of aromatic nitrogens is 1. The van der Waals surface area contributed by atoms with E-state index >= 15 is 0 Å². The molecule has 0 aliphatic heterocycles. The molecule has 0 bridgehead atoms. The molecule has 18 heavy (non-hydrogen) atoms. The minimum atomic E-state index is 1.02. The lowest BCUT2D eigenvalue weighted by atomic mass is 9.97. The van der Waals surface area contributed by atoms with Crippen LogP contribution >= 0.6 is 0 Å². The van der Waals surface area contributed by atoms with Crippen LogP contribution in [-0.4, -0.2) is 4.98 Å². The smallest absolute Gasteiger partial charge is 0.0346 e. The van der Waals surface area contributed by atoms with Crippen LogP contribution in [0.25, 0.3) is 16.7 Å². The van der Waals surface area contributed by atoms with Crippen LogP contribution in [0.5, 0.6) is 0 Å². The molecule has 0 amide bonds. The van der Waals surface area contributed by atoms with Gasteiger partial charge >= 0.3 is 0 Å². The van der Waals surface area contributed by atoms with E-state index in [0.29, 0.717) is 0 Å². The topological polar surface area (TPSA) is 12.9 Å². The summed E-state index contributed by atoms with van der Waals surface area (Å²) < 4.78 is 0. The van der Waals surface area contributed by atoms with Crippen molar-refractivity contribution >= 4 is 5.57 Å². The van der Waals surface area contributed by atoms with Gasteiger partial charge in [0.15, 0.2) is 0 Å². The first-order chi connectivity index (χ1) is 8.61. The fourth-order valence-electron chi connectivity index (χ4n) is 2.16. The summed E-state index contributed by atoms with van der Waals surface area (Å²) in [4.78, 5) is 4.30. The van der Waals surface area contributed by atoms with Crippen molar-refractivity contribution in [1.29, 1.82) is 0 Å². The zero-order valence-corrected chi connectivity index (χ0v) is 11.3. The maximum Gasteiger partial charge on any atom is 0.0346 e. The van der Waals surface area contributed by atoms with E-state index < -0.39 is 0 Å². The Labute approximate surface area is 109 Å². The highest BCUT2D eigenvalue weighted by Crippen LogP contribution is 2.25. The van der Waals surface area contributed by atoms with Gasteiger partial charge in [-0.05, 0) is 48.6 Å². The van der Waals surface area contributed by atoms with E-state index in [9.17, 15) is 0 Å².